The van der Waals surface area contributed by atoms with E-state index in [-0.39, 0.29) is 5.56 Å². The van der Waals surface area contributed by atoms with Gasteiger partial charge in [0.15, 0.2) is 5.75 Å². The fraction of sp³-hybridized carbons (Fsp3) is 0.0714. The predicted octanol–water partition coefficient (Wildman–Crippen LogP) is 2.66. The lowest BCUT2D eigenvalue weighted by molar-refractivity contribution is 0.0697. The van der Waals surface area contributed by atoms with E-state index in [0.29, 0.717) is 11.4 Å². The van der Waals surface area contributed by atoms with E-state index in [9.17, 15) is 9.35 Å². The minimum atomic E-state index is -1.24. The molecule has 1 unspecified atom stereocenters. The van der Waals surface area contributed by atoms with Crippen LogP contribution >= 0.6 is 0 Å². The summed E-state index contributed by atoms with van der Waals surface area (Å²) in [5.74, 6) is -0.571. The van der Waals surface area contributed by atoms with Crippen molar-refractivity contribution in [2.75, 3.05) is 4.72 Å². The minimum Gasteiger partial charge on any atom is -0.593 e. The van der Waals surface area contributed by atoms with Crippen LogP contribution in [-0.4, -0.2) is 15.6 Å². The molecule has 0 bridgehead atoms. The van der Waals surface area contributed by atoms with E-state index in [1.54, 1.807) is 12.1 Å². The Morgan fingerprint density at radius 3 is 2.32 bits per heavy atom. The summed E-state index contributed by atoms with van der Waals surface area (Å²) in [6.45, 7) is 0. The van der Waals surface area contributed by atoms with Crippen molar-refractivity contribution in [3.63, 3.8) is 0 Å². The molecule has 0 saturated carbocycles. The van der Waals surface area contributed by atoms with Gasteiger partial charge in [-0.25, -0.2) is 9.52 Å². The third-order valence-corrected chi connectivity index (χ3v) is 3.56. The molecule has 0 aliphatic rings. The molecule has 98 valence electrons. The number of hydrogen-bond acceptors (Lipinski definition) is 3. The molecule has 19 heavy (non-hydrogen) atoms. The zero-order valence-corrected chi connectivity index (χ0v) is 10.9. The van der Waals surface area contributed by atoms with Crippen LogP contribution in [-0.2, 0) is 17.1 Å². The Bertz CT molecular complexity index is 542. The lowest BCUT2D eigenvalue weighted by atomic mass is 10.2. The molecule has 0 saturated heterocycles. The predicted molar refractivity (Wildman–Crippen MR) is 75.3 cm³/mol. The van der Waals surface area contributed by atoms with Crippen LogP contribution in [0.15, 0.2) is 54.6 Å². The topological polar surface area (TPSA) is 72.4 Å². The van der Waals surface area contributed by atoms with Crippen molar-refractivity contribution >= 4 is 23.0 Å². The van der Waals surface area contributed by atoms with E-state index in [1.807, 2.05) is 30.3 Å². The van der Waals surface area contributed by atoms with Gasteiger partial charge in [-0.1, -0.05) is 30.3 Å². The first-order chi connectivity index (χ1) is 9.15. The van der Waals surface area contributed by atoms with Gasteiger partial charge in [0.1, 0.15) is 0 Å². The Hall–Kier alpha value is -1.98. The monoisotopic (exact) mass is 275 g/mol. The summed E-state index contributed by atoms with van der Waals surface area (Å²) in [6, 6.07) is 15.7. The molecule has 5 heteroatoms. The Labute approximate surface area is 114 Å². The first-order valence-electron chi connectivity index (χ1n) is 5.67. The molecule has 0 heterocycles. The number of hydrogen-bond donors (Lipinski definition) is 2. The van der Waals surface area contributed by atoms with Gasteiger partial charge in [0.25, 0.3) is 0 Å². The van der Waals surface area contributed by atoms with Gasteiger partial charge in [0, 0.05) is 5.56 Å². The third-order valence-electron chi connectivity index (χ3n) is 2.50. The van der Waals surface area contributed by atoms with Crippen LogP contribution in [0, 0.1) is 0 Å². The van der Waals surface area contributed by atoms with Crippen LogP contribution in [0.5, 0.6) is 0 Å². The number of benzene rings is 2. The first kappa shape index (κ1) is 13.5. The molecular formula is C14H13NO3S. The third kappa shape index (κ3) is 4.01. The van der Waals surface area contributed by atoms with E-state index < -0.39 is 17.3 Å². The largest absolute Gasteiger partial charge is 0.593 e. The molecule has 0 fully saturated rings. The highest BCUT2D eigenvalue weighted by molar-refractivity contribution is 7.91. The van der Waals surface area contributed by atoms with Gasteiger partial charge in [-0.15, -0.1) is 0 Å². The molecule has 0 spiro atoms. The maximum absolute atomic E-state index is 11.9. The highest BCUT2D eigenvalue weighted by Gasteiger charge is 2.09. The first-order valence-corrected chi connectivity index (χ1v) is 6.99. The van der Waals surface area contributed by atoms with Gasteiger partial charge in [0.05, 0.1) is 22.6 Å². The Morgan fingerprint density at radius 1 is 1.11 bits per heavy atom. The second-order valence-electron chi connectivity index (χ2n) is 3.96. The smallest absolute Gasteiger partial charge is 0.335 e. The quantitative estimate of drug-likeness (QED) is 0.823. The minimum absolute atomic E-state index is 0.208. The van der Waals surface area contributed by atoms with Crippen LogP contribution < -0.4 is 4.72 Å². The fourth-order valence-corrected chi connectivity index (χ4v) is 2.54. The molecule has 0 radical (unpaired) electrons. The van der Waals surface area contributed by atoms with E-state index in [0.717, 1.165) is 5.56 Å². The van der Waals surface area contributed by atoms with E-state index in [4.69, 9.17) is 5.11 Å². The number of rotatable bonds is 5. The summed E-state index contributed by atoms with van der Waals surface area (Å²) in [6.07, 6.45) is 0. The summed E-state index contributed by atoms with van der Waals surface area (Å²) in [4.78, 5) is 10.7. The highest BCUT2D eigenvalue weighted by Crippen LogP contribution is 2.14. The second kappa shape index (κ2) is 6.26. The summed E-state index contributed by atoms with van der Waals surface area (Å²) >= 11 is -1.24. The van der Waals surface area contributed by atoms with Crippen molar-refractivity contribution in [3.05, 3.63) is 65.7 Å². The summed E-state index contributed by atoms with van der Waals surface area (Å²) < 4.78 is 14.7. The molecule has 2 rings (SSSR count). The van der Waals surface area contributed by atoms with Crippen LogP contribution in [0.1, 0.15) is 15.9 Å². The molecule has 2 N–H and O–H groups in total. The maximum Gasteiger partial charge on any atom is 0.335 e. The zero-order chi connectivity index (χ0) is 13.7. The van der Waals surface area contributed by atoms with E-state index in [1.165, 1.54) is 12.1 Å². The van der Waals surface area contributed by atoms with Crippen molar-refractivity contribution < 1.29 is 14.5 Å². The molecule has 4 nitrogen and oxygen atoms in total. The lowest BCUT2D eigenvalue weighted by Crippen LogP contribution is -2.15. The van der Waals surface area contributed by atoms with Crippen molar-refractivity contribution in [1.29, 1.82) is 0 Å². The Morgan fingerprint density at radius 2 is 1.74 bits per heavy atom. The number of anilines is 1. The normalized spacial score (nSPS) is 11.8. The number of carbonyl (C=O) groups is 1. The molecule has 0 aliphatic carbocycles. The second-order valence-corrected chi connectivity index (χ2v) is 5.14. The average molecular weight is 275 g/mol. The average Bonchev–Trinajstić information content (AvgIpc) is 2.40. The Kier molecular flexibility index (Phi) is 4.43. The van der Waals surface area contributed by atoms with Crippen molar-refractivity contribution in [3.8, 4) is 0 Å². The van der Waals surface area contributed by atoms with Crippen molar-refractivity contribution in [1.82, 2.24) is 0 Å². The van der Waals surface area contributed by atoms with Gasteiger partial charge in [-0.05, 0) is 24.3 Å². The van der Waals surface area contributed by atoms with Crippen LogP contribution in [0.4, 0.5) is 5.69 Å². The van der Waals surface area contributed by atoms with Gasteiger partial charge >= 0.3 is 5.97 Å². The number of carboxylic acid groups (broad SMARTS) is 1. The number of aromatic carboxylic acids is 1. The fourth-order valence-electron chi connectivity index (χ4n) is 1.57. The van der Waals surface area contributed by atoms with E-state index >= 15 is 0 Å². The molecule has 2 aromatic carbocycles. The highest BCUT2D eigenvalue weighted by atomic mass is 32.2. The summed E-state index contributed by atoms with van der Waals surface area (Å²) in [7, 11) is 0. The van der Waals surface area contributed by atoms with Crippen molar-refractivity contribution in [2.45, 2.75) is 5.75 Å². The standard InChI is InChI=1S/C14H13NO3S/c16-14(17)12-6-8-13(9-7-12)15-19(18)10-11-4-2-1-3-5-11/h1-9,15H,10H2,(H,16,17). The molecule has 0 aliphatic heterocycles. The molecule has 0 aromatic heterocycles. The van der Waals surface area contributed by atoms with Crippen LogP contribution in [0.3, 0.4) is 0 Å². The van der Waals surface area contributed by atoms with Gasteiger partial charge in [-0.3, -0.25) is 0 Å². The molecule has 0 amide bonds. The van der Waals surface area contributed by atoms with Gasteiger partial charge < -0.3 is 9.66 Å². The number of carboxylic acids is 1. The molecular weight excluding hydrogens is 262 g/mol. The van der Waals surface area contributed by atoms with Crippen molar-refractivity contribution in [2.24, 2.45) is 0 Å². The van der Waals surface area contributed by atoms with Crippen LogP contribution in [0.25, 0.3) is 0 Å². The van der Waals surface area contributed by atoms with E-state index in [2.05, 4.69) is 4.72 Å². The molecule has 1 atom stereocenters. The number of nitrogens with one attached hydrogen (secondary N) is 1. The maximum atomic E-state index is 11.9. The van der Waals surface area contributed by atoms with Crippen LogP contribution in [0.2, 0.25) is 0 Å². The Balaban J connectivity index is 1.95. The zero-order valence-electron chi connectivity index (χ0n) is 10.1. The summed E-state index contributed by atoms with van der Waals surface area (Å²) in [5, 5.41) is 8.77. The van der Waals surface area contributed by atoms with Gasteiger partial charge in [0.2, 0.25) is 0 Å². The SMILES string of the molecule is O=C(O)c1ccc(N[S+]([O-])Cc2ccccc2)cc1. The lowest BCUT2D eigenvalue weighted by Gasteiger charge is -2.12. The summed E-state index contributed by atoms with van der Waals surface area (Å²) in [5.41, 5.74) is 1.83. The molecule has 2 aromatic rings. The van der Waals surface area contributed by atoms with Gasteiger partial charge in [-0.2, -0.15) is 0 Å².